The molecule has 1 amide bonds. The Kier molecular flexibility index (Phi) is 4.77. The molecule has 0 spiro atoms. The number of pyridine rings is 1. The van der Waals surface area contributed by atoms with Crippen molar-refractivity contribution in [3.63, 3.8) is 0 Å². The van der Waals surface area contributed by atoms with Gasteiger partial charge in [0.05, 0.1) is 5.52 Å². The predicted molar refractivity (Wildman–Crippen MR) is 110 cm³/mol. The van der Waals surface area contributed by atoms with Gasteiger partial charge < -0.3 is 14.4 Å². The number of ether oxygens (including phenoxy) is 2. The highest BCUT2D eigenvalue weighted by atomic mass is 16.6. The SMILES string of the molecule is O=C(C1COc2ccccc2O1)N1CCN(Cc2cccc3cccnc23)CC1. The van der Waals surface area contributed by atoms with Gasteiger partial charge in [0.25, 0.3) is 5.91 Å². The van der Waals surface area contributed by atoms with E-state index in [1.807, 2.05) is 41.4 Å². The highest BCUT2D eigenvalue weighted by molar-refractivity contribution is 5.82. The molecule has 0 N–H and O–H groups in total. The van der Waals surface area contributed by atoms with E-state index < -0.39 is 6.10 Å². The van der Waals surface area contributed by atoms with E-state index in [-0.39, 0.29) is 12.5 Å². The Morgan fingerprint density at radius 1 is 0.966 bits per heavy atom. The lowest BCUT2D eigenvalue weighted by Gasteiger charge is -2.37. The van der Waals surface area contributed by atoms with Crippen molar-refractivity contribution in [3.05, 3.63) is 66.4 Å². The molecule has 2 aromatic carbocycles. The van der Waals surface area contributed by atoms with Crippen molar-refractivity contribution in [2.24, 2.45) is 0 Å². The number of hydrogen-bond acceptors (Lipinski definition) is 5. The van der Waals surface area contributed by atoms with E-state index in [0.29, 0.717) is 24.6 Å². The van der Waals surface area contributed by atoms with Gasteiger partial charge in [0.1, 0.15) is 6.61 Å². The summed E-state index contributed by atoms with van der Waals surface area (Å²) in [5, 5.41) is 1.16. The van der Waals surface area contributed by atoms with Crippen LogP contribution in [0.3, 0.4) is 0 Å². The lowest BCUT2D eigenvalue weighted by Crippen LogP contribution is -2.53. The van der Waals surface area contributed by atoms with Crippen molar-refractivity contribution in [2.75, 3.05) is 32.8 Å². The fraction of sp³-hybridized carbons (Fsp3) is 0.304. The van der Waals surface area contributed by atoms with Gasteiger partial charge in [-0.25, -0.2) is 0 Å². The lowest BCUT2D eigenvalue weighted by molar-refractivity contribution is -0.143. The monoisotopic (exact) mass is 389 g/mol. The minimum absolute atomic E-state index is 0.00554. The second-order valence-corrected chi connectivity index (χ2v) is 7.46. The molecular weight excluding hydrogens is 366 g/mol. The van der Waals surface area contributed by atoms with Crippen molar-refractivity contribution < 1.29 is 14.3 Å². The summed E-state index contributed by atoms with van der Waals surface area (Å²) in [6.07, 6.45) is 1.27. The van der Waals surface area contributed by atoms with Crippen LogP contribution in [0.2, 0.25) is 0 Å². The van der Waals surface area contributed by atoms with Crippen LogP contribution in [0.1, 0.15) is 5.56 Å². The van der Waals surface area contributed by atoms with Crippen molar-refractivity contribution >= 4 is 16.8 Å². The number of amides is 1. The van der Waals surface area contributed by atoms with Gasteiger partial charge in [-0.1, -0.05) is 36.4 Å². The molecule has 0 radical (unpaired) electrons. The highest BCUT2D eigenvalue weighted by Crippen LogP contribution is 2.31. The van der Waals surface area contributed by atoms with Crippen LogP contribution in [-0.2, 0) is 11.3 Å². The molecule has 0 saturated carbocycles. The number of rotatable bonds is 3. The van der Waals surface area contributed by atoms with Gasteiger partial charge in [-0.3, -0.25) is 14.7 Å². The van der Waals surface area contributed by atoms with E-state index >= 15 is 0 Å². The summed E-state index contributed by atoms with van der Waals surface area (Å²) >= 11 is 0. The van der Waals surface area contributed by atoms with Crippen LogP contribution < -0.4 is 9.47 Å². The molecule has 0 aliphatic carbocycles. The number of fused-ring (bicyclic) bond motifs is 2. The first-order valence-corrected chi connectivity index (χ1v) is 10.0. The summed E-state index contributed by atoms with van der Waals surface area (Å²) in [6.45, 7) is 4.15. The fourth-order valence-electron chi connectivity index (χ4n) is 4.01. The average Bonchev–Trinajstić information content (AvgIpc) is 2.79. The molecule has 5 rings (SSSR count). The maximum atomic E-state index is 12.9. The molecule has 1 fully saturated rings. The van der Waals surface area contributed by atoms with Crippen LogP contribution >= 0.6 is 0 Å². The van der Waals surface area contributed by atoms with Crippen LogP contribution in [0.5, 0.6) is 11.5 Å². The predicted octanol–water partition coefficient (Wildman–Crippen LogP) is 2.72. The Balaban J connectivity index is 1.20. The van der Waals surface area contributed by atoms with Crippen LogP contribution in [0.25, 0.3) is 10.9 Å². The summed E-state index contributed by atoms with van der Waals surface area (Å²) in [5.74, 6) is 1.34. The Labute approximate surface area is 169 Å². The maximum Gasteiger partial charge on any atom is 0.267 e. The number of carbonyl (C=O) groups is 1. The number of aromatic nitrogens is 1. The van der Waals surface area contributed by atoms with Gasteiger partial charge in [0, 0.05) is 44.3 Å². The van der Waals surface area contributed by atoms with E-state index in [0.717, 1.165) is 30.5 Å². The largest absolute Gasteiger partial charge is 0.485 e. The Hall–Kier alpha value is -3.12. The second kappa shape index (κ2) is 7.72. The summed E-state index contributed by atoms with van der Waals surface area (Å²) < 4.78 is 11.6. The second-order valence-electron chi connectivity index (χ2n) is 7.46. The number of piperazine rings is 1. The smallest absolute Gasteiger partial charge is 0.267 e. The molecule has 148 valence electrons. The third-order valence-electron chi connectivity index (χ3n) is 5.58. The first kappa shape index (κ1) is 17.9. The number of hydrogen-bond donors (Lipinski definition) is 0. The van der Waals surface area contributed by atoms with E-state index in [4.69, 9.17) is 9.47 Å². The topological polar surface area (TPSA) is 54.9 Å². The Bertz CT molecular complexity index is 1030. The van der Waals surface area contributed by atoms with Crippen LogP contribution in [0.15, 0.2) is 60.8 Å². The van der Waals surface area contributed by atoms with Gasteiger partial charge in [0.2, 0.25) is 6.10 Å². The number of nitrogens with zero attached hydrogens (tertiary/aromatic N) is 3. The quantitative estimate of drug-likeness (QED) is 0.690. The van der Waals surface area contributed by atoms with Gasteiger partial charge in [-0.05, 0) is 23.8 Å². The molecule has 6 heteroatoms. The van der Waals surface area contributed by atoms with Gasteiger partial charge >= 0.3 is 0 Å². The first-order chi connectivity index (χ1) is 14.3. The number of carbonyl (C=O) groups excluding carboxylic acids is 1. The molecule has 29 heavy (non-hydrogen) atoms. The molecule has 1 saturated heterocycles. The molecule has 2 aliphatic rings. The Morgan fingerprint density at radius 3 is 2.62 bits per heavy atom. The van der Waals surface area contributed by atoms with E-state index in [1.165, 1.54) is 5.56 Å². The zero-order valence-electron chi connectivity index (χ0n) is 16.2. The Morgan fingerprint density at radius 2 is 1.76 bits per heavy atom. The zero-order chi connectivity index (χ0) is 19.6. The molecule has 0 bridgehead atoms. The minimum Gasteiger partial charge on any atom is -0.485 e. The summed E-state index contributed by atoms with van der Waals surface area (Å²) in [6, 6.07) is 17.8. The van der Waals surface area contributed by atoms with E-state index in [1.54, 1.807) is 0 Å². The average molecular weight is 389 g/mol. The van der Waals surface area contributed by atoms with Crippen molar-refractivity contribution in [1.29, 1.82) is 0 Å². The van der Waals surface area contributed by atoms with E-state index in [2.05, 4.69) is 34.1 Å². The van der Waals surface area contributed by atoms with Crippen LogP contribution in [-0.4, -0.2) is 59.6 Å². The lowest BCUT2D eigenvalue weighted by atomic mass is 10.1. The third kappa shape index (κ3) is 3.63. The van der Waals surface area contributed by atoms with Crippen molar-refractivity contribution in [2.45, 2.75) is 12.6 Å². The minimum atomic E-state index is -0.571. The van der Waals surface area contributed by atoms with E-state index in [9.17, 15) is 4.79 Å². The molecule has 1 atom stereocenters. The third-order valence-corrected chi connectivity index (χ3v) is 5.58. The van der Waals surface area contributed by atoms with Gasteiger partial charge in [-0.15, -0.1) is 0 Å². The highest BCUT2D eigenvalue weighted by Gasteiger charge is 2.32. The number of para-hydroxylation sites is 3. The standard InChI is InChI=1S/C23H23N3O3/c27-23(21-16-28-19-8-1-2-9-20(19)29-21)26-13-11-25(12-14-26)15-18-6-3-5-17-7-4-10-24-22(17)18/h1-10,21H,11-16H2. The molecule has 3 heterocycles. The molecule has 6 nitrogen and oxygen atoms in total. The van der Waals surface area contributed by atoms with Crippen molar-refractivity contribution in [3.8, 4) is 11.5 Å². The molecule has 1 unspecified atom stereocenters. The first-order valence-electron chi connectivity index (χ1n) is 10.0. The summed E-state index contributed by atoms with van der Waals surface area (Å²) in [4.78, 5) is 21.7. The normalized spacial score (nSPS) is 19.3. The molecule has 2 aliphatic heterocycles. The number of benzene rings is 2. The van der Waals surface area contributed by atoms with Crippen LogP contribution in [0.4, 0.5) is 0 Å². The molecule has 3 aromatic rings. The molecule has 1 aromatic heterocycles. The van der Waals surface area contributed by atoms with Gasteiger partial charge in [-0.2, -0.15) is 0 Å². The maximum absolute atomic E-state index is 12.9. The van der Waals surface area contributed by atoms with Crippen molar-refractivity contribution in [1.82, 2.24) is 14.8 Å². The molecular formula is C23H23N3O3. The zero-order valence-corrected chi connectivity index (χ0v) is 16.2. The van der Waals surface area contributed by atoms with Crippen LogP contribution in [0, 0.1) is 0 Å². The summed E-state index contributed by atoms with van der Waals surface area (Å²) in [5.41, 5.74) is 2.28. The fourth-order valence-corrected chi connectivity index (χ4v) is 4.01. The van der Waals surface area contributed by atoms with Gasteiger partial charge in [0.15, 0.2) is 11.5 Å². The summed E-state index contributed by atoms with van der Waals surface area (Å²) in [7, 11) is 0.